The second-order valence-electron chi connectivity index (χ2n) is 8.26. The topological polar surface area (TPSA) is 60.8 Å². The van der Waals surface area contributed by atoms with Crippen LogP contribution in [0.3, 0.4) is 0 Å². The lowest BCUT2D eigenvalue weighted by Gasteiger charge is -2.29. The first kappa shape index (κ1) is 21.5. The summed E-state index contributed by atoms with van der Waals surface area (Å²) >= 11 is 5.87. The maximum atomic E-state index is 5.87. The highest BCUT2D eigenvalue weighted by molar-refractivity contribution is 7.80. The van der Waals surface area contributed by atoms with E-state index in [0.29, 0.717) is 17.5 Å². The van der Waals surface area contributed by atoms with Gasteiger partial charge in [0, 0.05) is 35.5 Å². The van der Waals surface area contributed by atoms with Crippen LogP contribution in [0.1, 0.15) is 30.4 Å². The van der Waals surface area contributed by atoms with Gasteiger partial charge in [0.1, 0.15) is 11.8 Å². The Morgan fingerprint density at radius 1 is 1.00 bits per heavy atom. The Morgan fingerprint density at radius 3 is 2.63 bits per heavy atom. The van der Waals surface area contributed by atoms with E-state index in [1.54, 1.807) is 0 Å². The highest BCUT2D eigenvalue weighted by Crippen LogP contribution is 2.44. The molecule has 1 fully saturated rings. The van der Waals surface area contributed by atoms with Crippen LogP contribution >= 0.6 is 12.2 Å². The summed E-state index contributed by atoms with van der Waals surface area (Å²) in [6, 6.07) is 23.9. The Kier molecular flexibility index (Phi) is 5.50. The molecule has 0 aliphatic carbocycles. The molecule has 0 bridgehead atoms. The highest BCUT2D eigenvalue weighted by Gasteiger charge is 2.42. The third-order valence-electron chi connectivity index (χ3n) is 6.24. The van der Waals surface area contributed by atoms with E-state index >= 15 is 0 Å². The van der Waals surface area contributed by atoms with Gasteiger partial charge in [0.25, 0.3) is 0 Å². The summed E-state index contributed by atoms with van der Waals surface area (Å²) in [5, 5.41) is 4.15. The van der Waals surface area contributed by atoms with Crippen molar-refractivity contribution in [2.45, 2.75) is 19.0 Å². The normalized spacial score (nSPS) is 18.5. The van der Waals surface area contributed by atoms with Gasteiger partial charge in [-0.1, -0.05) is 6.07 Å². The first-order valence-electron chi connectivity index (χ1n) is 11.5. The van der Waals surface area contributed by atoms with Crippen molar-refractivity contribution in [3.05, 3.63) is 96.6 Å². The number of rotatable bonds is 6. The molecular formula is C27H24N4O3S. The van der Waals surface area contributed by atoms with Gasteiger partial charge in [0.2, 0.25) is 6.79 Å². The van der Waals surface area contributed by atoms with Crippen LogP contribution < -0.4 is 24.4 Å². The standard InChI is InChI=1S/C27H24N4O3S/c1-2-32-20-11-8-18(9-12-20)30-15-5-7-22(30)26-25(21-6-3-4-14-28-21)29-27(35)31(26)19-10-13-23-24(16-19)34-17-33-23/h3-16,25-26H,2,17H2,1H3,(H,29,35)/t25-,26+/m1/s1. The van der Waals surface area contributed by atoms with Crippen molar-refractivity contribution in [1.82, 2.24) is 14.9 Å². The lowest BCUT2D eigenvalue weighted by atomic mass is 10.0. The first-order chi connectivity index (χ1) is 17.2. The number of fused-ring (bicyclic) bond motifs is 1. The van der Waals surface area contributed by atoms with Gasteiger partial charge < -0.3 is 29.0 Å². The number of anilines is 1. The molecule has 0 saturated carbocycles. The predicted octanol–water partition coefficient (Wildman–Crippen LogP) is 5.18. The van der Waals surface area contributed by atoms with Gasteiger partial charge in [-0.05, 0) is 79.8 Å². The van der Waals surface area contributed by atoms with Crippen molar-refractivity contribution in [3.8, 4) is 22.9 Å². The summed E-state index contributed by atoms with van der Waals surface area (Å²) in [7, 11) is 0. The molecule has 7 nitrogen and oxygen atoms in total. The molecule has 6 rings (SSSR count). The Balaban J connectivity index is 1.46. The Morgan fingerprint density at radius 2 is 1.83 bits per heavy atom. The summed E-state index contributed by atoms with van der Waals surface area (Å²) in [6.07, 6.45) is 3.88. The number of hydrogen-bond donors (Lipinski definition) is 1. The Labute approximate surface area is 208 Å². The zero-order valence-electron chi connectivity index (χ0n) is 19.1. The molecular weight excluding hydrogens is 460 g/mol. The van der Waals surface area contributed by atoms with Crippen molar-refractivity contribution in [2.24, 2.45) is 0 Å². The average molecular weight is 485 g/mol. The van der Waals surface area contributed by atoms with Crippen LogP contribution in [-0.4, -0.2) is 28.1 Å². The largest absolute Gasteiger partial charge is 0.494 e. The molecule has 8 heteroatoms. The number of nitrogens with one attached hydrogen (secondary N) is 1. The van der Waals surface area contributed by atoms with Crippen LogP contribution in [0.4, 0.5) is 5.69 Å². The second kappa shape index (κ2) is 8.96. The van der Waals surface area contributed by atoms with E-state index in [9.17, 15) is 0 Å². The molecule has 0 spiro atoms. The summed E-state index contributed by atoms with van der Waals surface area (Å²) in [5.74, 6) is 2.30. The maximum Gasteiger partial charge on any atom is 0.231 e. The number of hydrogen-bond acceptors (Lipinski definition) is 5. The molecule has 2 aliphatic heterocycles. The molecule has 0 amide bonds. The predicted molar refractivity (Wildman–Crippen MR) is 137 cm³/mol. The SMILES string of the molecule is CCOc1ccc(-n2cccc2[C@H]2[C@@H](c3ccccn3)NC(=S)N2c2ccc3c(c2)OCO3)cc1. The van der Waals surface area contributed by atoms with Crippen LogP contribution in [0.15, 0.2) is 85.2 Å². The number of nitrogens with zero attached hydrogens (tertiary/aromatic N) is 3. The Bertz CT molecular complexity index is 1360. The minimum atomic E-state index is -0.153. The number of benzene rings is 2. The highest BCUT2D eigenvalue weighted by atomic mass is 32.1. The molecule has 2 aliphatic rings. The monoisotopic (exact) mass is 484 g/mol. The van der Waals surface area contributed by atoms with Gasteiger partial charge in [0.05, 0.1) is 18.3 Å². The van der Waals surface area contributed by atoms with Gasteiger partial charge in [-0.2, -0.15) is 0 Å². The molecule has 0 radical (unpaired) electrons. The van der Waals surface area contributed by atoms with Gasteiger partial charge in [-0.15, -0.1) is 0 Å². The summed E-state index contributed by atoms with van der Waals surface area (Å²) < 4.78 is 19.0. The van der Waals surface area contributed by atoms with Crippen molar-refractivity contribution < 1.29 is 14.2 Å². The molecule has 4 aromatic rings. The third kappa shape index (κ3) is 3.85. The number of ether oxygens (including phenoxy) is 3. The van der Waals surface area contributed by atoms with E-state index < -0.39 is 0 Å². The van der Waals surface area contributed by atoms with Crippen LogP contribution in [0.25, 0.3) is 5.69 Å². The summed E-state index contributed by atoms with van der Waals surface area (Å²) in [4.78, 5) is 6.79. The molecule has 35 heavy (non-hydrogen) atoms. The van der Waals surface area contributed by atoms with Gasteiger partial charge in [-0.25, -0.2) is 0 Å². The lowest BCUT2D eigenvalue weighted by molar-refractivity contribution is 0.174. The van der Waals surface area contributed by atoms with Crippen LogP contribution in [0.2, 0.25) is 0 Å². The van der Waals surface area contributed by atoms with E-state index in [2.05, 4.69) is 50.2 Å². The zero-order chi connectivity index (χ0) is 23.8. The fourth-order valence-electron chi connectivity index (χ4n) is 4.71. The molecule has 0 unspecified atom stereocenters. The molecule has 1 N–H and O–H groups in total. The van der Waals surface area contributed by atoms with Gasteiger partial charge in [-0.3, -0.25) is 4.98 Å². The van der Waals surface area contributed by atoms with E-state index in [4.69, 9.17) is 26.4 Å². The van der Waals surface area contributed by atoms with E-state index in [1.165, 1.54) is 0 Å². The molecule has 2 aromatic carbocycles. The fourth-order valence-corrected chi connectivity index (χ4v) is 5.05. The van der Waals surface area contributed by atoms with E-state index in [-0.39, 0.29) is 18.9 Å². The fraction of sp³-hybridized carbons (Fsp3) is 0.185. The molecule has 176 valence electrons. The lowest BCUT2D eigenvalue weighted by Crippen LogP contribution is -2.30. The van der Waals surface area contributed by atoms with Crippen LogP contribution in [0, 0.1) is 0 Å². The Hall–Kier alpha value is -4.04. The van der Waals surface area contributed by atoms with Crippen molar-refractivity contribution in [3.63, 3.8) is 0 Å². The smallest absolute Gasteiger partial charge is 0.231 e. The van der Waals surface area contributed by atoms with Crippen LogP contribution in [0.5, 0.6) is 17.2 Å². The minimum absolute atomic E-state index is 0.148. The molecule has 2 aromatic heterocycles. The van der Waals surface area contributed by atoms with E-state index in [1.807, 2.05) is 61.7 Å². The molecule has 1 saturated heterocycles. The maximum absolute atomic E-state index is 5.87. The molecule has 4 heterocycles. The minimum Gasteiger partial charge on any atom is -0.494 e. The van der Waals surface area contributed by atoms with Crippen molar-refractivity contribution in [1.29, 1.82) is 0 Å². The summed E-state index contributed by atoms with van der Waals surface area (Å²) in [6.45, 7) is 2.84. The average Bonchev–Trinajstić information content (AvgIpc) is 3.63. The first-order valence-corrected chi connectivity index (χ1v) is 11.9. The second-order valence-corrected chi connectivity index (χ2v) is 8.65. The summed E-state index contributed by atoms with van der Waals surface area (Å²) in [5.41, 5.74) is 3.96. The number of pyridine rings is 1. The van der Waals surface area contributed by atoms with Crippen molar-refractivity contribution >= 4 is 23.0 Å². The van der Waals surface area contributed by atoms with Crippen molar-refractivity contribution in [2.75, 3.05) is 18.3 Å². The van der Waals surface area contributed by atoms with Crippen LogP contribution in [-0.2, 0) is 0 Å². The molecule has 2 atom stereocenters. The third-order valence-corrected chi connectivity index (χ3v) is 6.56. The van der Waals surface area contributed by atoms with Gasteiger partial charge >= 0.3 is 0 Å². The number of aromatic nitrogens is 2. The zero-order valence-corrected chi connectivity index (χ0v) is 19.9. The number of thiocarbonyl (C=S) groups is 1. The quantitative estimate of drug-likeness (QED) is 0.379. The van der Waals surface area contributed by atoms with E-state index in [0.717, 1.165) is 34.3 Å². The van der Waals surface area contributed by atoms with Gasteiger partial charge in [0.15, 0.2) is 16.6 Å².